The highest BCUT2D eigenvalue weighted by Crippen LogP contribution is 2.25. The van der Waals surface area contributed by atoms with Crippen molar-refractivity contribution in [1.29, 1.82) is 0 Å². The highest BCUT2D eigenvalue weighted by atomic mass is 32.2. The lowest BCUT2D eigenvalue weighted by Crippen LogP contribution is -2.16. The maximum absolute atomic E-state index is 12.7. The normalized spacial score (nSPS) is 11.3. The first-order chi connectivity index (χ1) is 12.7. The van der Waals surface area contributed by atoms with Gasteiger partial charge in [0.25, 0.3) is 5.91 Å². The van der Waals surface area contributed by atoms with Crippen LogP contribution in [0, 0.1) is 0 Å². The highest BCUT2D eigenvalue weighted by Gasteiger charge is 2.18. The summed E-state index contributed by atoms with van der Waals surface area (Å²) in [6, 6.07) is 11.0. The number of carbonyl (C=O) groups excluding carboxylic acids is 1. The fourth-order valence-corrected chi connectivity index (χ4v) is 2.93. The summed E-state index contributed by atoms with van der Waals surface area (Å²) in [7, 11) is -3.45. The van der Waals surface area contributed by atoms with E-state index in [0.717, 1.165) is 6.26 Å². The lowest BCUT2D eigenvalue weighted by atomic mass is 10.1. The molecule has 0 fully saturated rings. The van der Waals surface area contributed by atoms with E-state index in [-0.39, 0.29) is 16.6 Å². The van der Waals surface area contributed by atoms with Crippen molar-refractivity contribution in [1.82, 2.24) is 0 Å². The number of nitrogens with one attached hydrogen (secondary N) is 1. The summed E-state index contributed by atoms with van der Waals surface area (Å²) >= 11 is 0. The molecule has 0 aliphatic carbocycles. The number of nitrogens with two attached hydrogens (primary N) is 1. The Kier molecular flexibility index (Phi) is 6.81. The van der Waals surface area contributed by atoms with E-state index >= 15 is 0 Å². The number of ether oxygens (including phenoxy) is 2. The summed E-state index contributed by atoms with van der Waals surface area (Å²) in [5.41, 5.74) is 6.08. The third-order valence-corrected chi connectivity index (χ3v) is 4.60. The van der Waals surface area contributed by atoms with Crippen LogP contribution in [0.15, 0.2) is 47.4 Å². The van der Waals surface area contributed by atoms with Gasteiger partial charge in [-0.2, -0.15) is 0 Å². The smallest absolute Gasteiger partial charge is 0.259 e. The van der Waals surface area contributed by atoms with Crippen LogP contribution >= 0.6 is 0 Å². The van der Waals surface area contributed by atoms with E-state index in [9.17, 15) is 13.2 Å². The molecule has 0 aliphatic rings. The van der Waals surface area contributed by atoms with Crippen molar-refractivity contribution in [2.75, 3.05) is 24.7 Å². The van der Waals surface area contributed by atoms with Crippen LogP contribution < -0.4 is 20.5 Å². The van der Waals surface area contributed by atoms with Gasteiger partial charge in [0, 0.05) is 18.5 Å². The van der Waals surface area contributed by atoms with Gasteiger partial charge in [-0.1, -0.05) is 0 Å². The van der Waals surface area contributed by atoms with Crippen molar-refractivity contribution in [3.05, 3.63) is 48.0 Å². The first-order valence-electron chi connectivity index (χ1n) is 8.45. The molecular weight excluding hydrogens is 368 g/mol. The summed E-state index contributed by atoms with van der Waals surface area (Å²) in [4.78, 5) is 12.8. The van der Waals surface area contributed by atoms with Crippen LogP contribution in [-0.4, -0.2) is 39.8 Å². The maximum Gasteiger partial charge on any atom is 0.259 e. The van der Waals surface area contributed by atoms with Crippen molar-refractivity contribution in [2.24, 2.45) is 5.73 Å². The summed E-state index contributed by atoms with van der Waals surface area (Å²) in [5, 5.41) is 2.74. The zero-order valence-electron chi connectivity index (χ0n) is 15.6. The van der Waals surface area contributed by atoms with E-state index in [1.807, 2.05) is 13.8 Å². The van der Waals surface area contributed by atoms with Crippen LogP contribution in [0.1, 0.15) is 24.2 Å². The Hall–Kier alpha value is -2.58. The molecule has 0 radical (unpaired) electrons. The number of hydrogen-bond donors (Lipinski definition) is 2. The molecular formula is C19H24N2O5S. The molecule has 0 saturated carbocycles. The van der Waals surface area contributed by atoms with Gasteiger partial charge in [0.05, 0.1) is 16.6 Å². The fraction of sp³-hybridized carbons (Fsp3) is 0.316. The predicted molar refractivity (Wildman–Crippen MR) is 104 cm³/mol. The van der Waals surface area contributed by atoms with E-state index in [2.05, 4.69) is 5.32 Å². The number of anilines is 1. The molecule has 2 aromatic carbocycles. The van der Waals surface area contributed by atoms with Crippen molar-refractivity contribution in [3.63, 3.8) is 0 Å². The van der Waals surface area contributed by atoms with Crippen LogP contribution in [0.2, 0.25) is 0 Å². The van der Waals surface area contributed by atoms with Crippen LogP contribution in [0.5, 0.6) is 11.5 Å². The average molecular weight is 392 g/mol. The molecule has 3 N–H and O–H groups in total. The molecule has 2 aromatic rings. The second-order valence-corrected chi connectivity index (χ2v) is 8.23. The second kappa shape index (κ2) is 8.88. The van der Waals surface area contributed by atoms with Gasteiger partial charge in [-0.15, -0.1) is 0 Å². The Balaban J connectivity index is 2.27. The van der Waals surface area contributed by atoms with Crippen LogP contribution in [-0.2, 0) is 9.84 Å². The molecule has 0 saturated heterocycles. The first-order valence-corrected chi connectivity index (χ1v) is 10.3. The molecule has 2 rings (SSSR count). The molecule has 0 unspecified atom stereocenters. The van der Waals surface area contributed by atoms with Gasteiger partial charge >= 0.3 is 0 Å². The molecule has 8 heteroatoms. The average Bonchev–Trinajstić information content (AvgIpc) is 2.60. The minimum atomic E-state index is -3.45. The topological polar surface area (TPSA) is 108 Å². The van der Waals surface area contributed by atoms with Crippen LogP contribution in [0.25, 0.3) is 0 Å². The Morgan fingerprint density at radius 2 is 1.81 bits per heavy atom. The Bertz CT molecular complexity index is 893. The molecule has 1 amide bonds. The standard InChI is InChI=1S/C19H24N2O5S/c1-13(2)26-18-9-8-16(27(3,23)24)12-17(18)19(22)21-14-4-6-15(7-5-14)25-11-10-20/h4-9,12-13H,10-11,20H2,1-3H3,(H,21,22). The number of sulfone groups is 1. The zero-order chi connectivity index (χ0) is 20.0. The lowest BCUT2D eigenvalue weighted by Gasteiger charge is -2.15. The van der Waals surface area contributed by atoms with Crippen molar-refractivity contribution in [3.8, 4) is 11.5 Å². The Labute approximate surface area is 159 Å². The Morgan fingerprint density at radius 3 is 2.37 bits per heavy atom. The summed E-state index contributed by atoms with van der Waals surface area (Å²) in [6.07, 6.45) is 0.923. The van der Waals surface area contributed by atoms with Gasteiger partial charge in [-0.25, -0.2) is 8.42 Å². The minimum Gasteiger partial charge on any atom is -0.492 e. The number of rotatable bonds is 8. The van der Waals surface area contributed by atoms with Gasteiger partial charge in [-0.3, -0.25) is 4.79 Å². The van der Waals surface area contributed by atoms with Gasteiger partial charge in [0.1, 0.15) is 18.1 Å². The van der Waals surface area contributed by atoms with E-state index in [4.69, 9.17) is 15.2 Å². The highest BCUT2D eigenvalue weighted by molar-refractivity contribution is 7.90. The van der Waals surface area contributed by atoms with E-state index in [1.54, 1.807) is 24.3 Å². The minimum absolute atomic E-state index is 0.0503. The fourth-order valence-electron chi connectivity index (χ4n) is 2.28. The zero-order valence-corrected chi connectivity index (χ0v) is 16.4. The van der Waals surface area contributed by atoms with E-state index in [1.165, 1.54) is 18.2 Å². The molecule has 0 spiro atoms. The van der Waals surface area contributed by atoms with Gasteiger partial charge in [-0.05, 0) is 56.3 Å². The van der Waals surface area contributed by atoms with E-state index in [0.29, 0.717) is 30.3 Å². The molecule has 0 aromatic heterocycles. The number of carbonyl (C=O) groups is 1. The quantitative estimate of drug-likeness (QED) is 0.714. The third-order valence-electron chi connectivity index (χ3n) is 3.49. The molecule has 146 valence electrons. The molecule has 0 aliphatic heterocycles. The van der Waals surface area contributed by atoms with Crippen LogP contribution in [0.3, 0.4) is 0 Å². The molecule has 27 heavy (non-hydrogen) atoms. The van der Waals surface area contributed by atoms with Crippen molar-refractivity contribution in [2.45, 2.75) is 24.8 Å². The number of benzene rings is 2. The van der Waals surface area contributed by atoms with Crippen molar-refractivity contribution < 1.29 is 22.7 Å². The van der Waals surface area contributed by atoms with Crippen LogP contribution in [0.4, 0.5) is 5.69 Å². The van der Waals surface area contributed by atoms with E-state index < -0.39 is 15.7 Å². The largest absolute Gasteiger partial charge is 0.492 e. The first kappa shape index (κ1) is 20.7. The SMILES string of the molecule is CC(C)Oc1ccc(S(C)(=O)=O)cc1C(=O)Nc1ccc(OCCN)cc1. The summed E-state index contributed by atoms with van der Waals surface area (Å²) < 4.78 is 34.7. The number of amides is 1. The second-order valence-electron chi connectivity index (χ2n) is 6.21. The van der Waals surface area contributed by atoms with Gasteiger partial charge in [0.2, 0.25) is 0 Å². The summed E-state index contributed by atoms with van der Waals surface area (Å²) in [6.45, 7) is 4.46. The lowest BCUT2D eigenvalue weighted by molar-refractivity contribution is 0.102. The Morgan fingerprint density at radius 1 is 1.15 bits per heavy atom. The molecule has 0 heterocycles. The molecule has 7 nitrogen and oxygen atoms in total. The predicted octanol–water partition coefficient (Wildman–Crippen LogP) is 2.47. The van der Waals surface area contributed by atoms with Gasteiger partial charge < -0.3 is 20.5 Å². The third kappa shape index (κ3) is 5.97. The number of hydrogen-bond acceptors (Lipinski definition) is 6. The van der Waals surface area contributed by atoms with Gasteiger partial charge in [0.15, 0.2) is 9.84 Å². The monoisotopic (exact) mass is 392 g/mol. The summed E-state index contributed by atoms with van der Waals surface area (Å²) in [5.74, 6) is 0.492. The maximum atomic E-state index is 12.7. The molecule has 0 atom stereocenters. The molecule has 0 bridgehead atoms. The van der Waals surface area contributed by atoms with Crippen molar-refractivity contribution >= 4 is 21.4 Å².